The van der Waals surface area contributed by atoms with Crippen molar-refractivity contribution in [2.24, 2.45) is 5.92 Å². The second-order valence-electron chi connectivity index (χ2n) is 7.89. The number of hydrogen-bond acceptors (Lipinski definition) is 6. The van der Waals surface area contributed by atoms with Gasteiger partial charge in [-0.2, -0.15) is 0 Å². The molecule has 2 aliphatic carbocycles. The fraction of sp³-hybridized carbons (Fsp3) is 0.500. The van der Waals surface area contributed by atoms with Gasteiger partial charge in [-0.25, -0.2) is 15.0 Å². The van der Waals surface area contributed by atoms with E-state index in [-0.39, 0.29) is 29.2 Å². The molecule has 2 fully saturated rings. The Labute approximate surface area is 163 Å². The molecule has 2 aromatic heterocycles. The zero-order chi connectivity index (χ0) is 19.7. The number of fused-ring (bicyclic) bond motifs is 2. The number of rotatable bonds is 4. The van der Waals surface area contributed by atoms with Crippen LogP contribution < -0.4 is 5.32 Å². The number of aryl methyl sites for hydroxylation is 1. The third kappa shape index (κ3) is 3.46. The lowest BCUT2D eigenvalue weighted by molar-refractivity contribution is 0.0687. The van der Waals surface area contributed by atoms with Crippen LogP contribution in [-0.2, 0) is 0 Å². The summed E-state index contributed by atoms with van der Waals surface area (Å²) in [7, 11) is 1.82. The van der Waals surface area contributed by atoms with Gasteiger partial charge in [0.2, 0.25) is 5.82 Å². The summed E-state index contributed by atoms with van der Waals surface area (Å²) in [5, 5.41) is 3.20. The topological polar surface area (TPSA) is 101 Å². The van der Waals surface area contributed by atoms with Crippen molar-refractivity contribution < 1.29 is 9.59 Å². The second-order valence-corrected chi connectivity index (χ2v) is 7.89. The van der Waals surface area contributed by atoms with Crippen molar-refractivity contribution in [3.05, 3.63) is 48.1 Å². The first kappa shape index (κ1) is 18.5. The quantitative estimate of drug-likeness (QED) is 0.868. The molecule has 2 saturated carbocycles. The highest BCUT2D eigenvalue weighted by molar-refractivity contribution is 5.92. The fourth-order valence-electron chi connectivity index (χ4n) is 4.70. The van der Waals surface area contributed by atoms with Crippen molar-refractivity contribution in [3.63, 3.8) is 0 Å². The SMILES string of the molecule is Cc1ccnc(C(=O)NC23CCCC(C2)C(N(C)C(=O)c2cnccn2)C3)n1. The number of aromatic nitrogens is 4. The molecular formula is C20H24N6O2. The van der Waals surface area contributed by atoms with Crippen LogP contribution in [0, 0.1) is 12.8 Å². The van der Waals surface area contributed by atoms with Crippen molar-refractivity contribution in [2.45, 2.75) is 50.6 Å². The van der Waals surface area contributed by atoms with Gasteiger partial charge in [-0.3, -0.25) is 14.6 Å². The highest BCUT2D eigenvalue weighted by Gasteiger charge is 2.50. The average molecular weight is 380 g/mol. The van der Waals surface area contributed by atoms with Crippen LogP contribution in [0.15, 0.2) is 30.9 Å². The minimum atomic E-state index is -0.311. The zero-order valence-corrected chi connectivity index (χ0v) is 16.1. The molecule has 2 aromatic rings. The summed E-state index contributed by atoms with van der Waals surface area (Å²) in [5.41, 5.74) is 0.796. The van der Waals surface area contributed by atoms with E-state index in [1.165, 1.54) is 12.4 Å². The molecule has 0 radical (unpaired) electrons. The Balaban J connectivity index is 1.51. The maximum Gasteiger partial charge on any atom is 0.289 e. The molecule has 0 aromatic carbocycles. The minimum absolute atomic E-state index is 0.0655. The molecule has 0 saturated heterocycles. The number of carbonyl (C=O) groups excluding carboxylic acids is 2. The van der Waals surface area contributed by atoms with Crippen LogP contribution in [0.4, 0.5) is 0 Å². The number of carbonyl (C=O) groups is 2. The molecule has 28 heavy (non-hydrogen) atoms. The summed E-state index contributed by atoms with van der Waals surface area (Å²) in [6.07, 6.45) is 10.8. The molecule has 8 nitrogen and oxygen atoms in total. The summed E-state index contributed by atoms with van der Waals surface area (Å²) in [4.78, 5) is 43.8. The first-order valence-corrected chi connectivity index (χ1v) is 9.63. The molecule has 146 valence electrons. The van der Waals surface area contributed by atoms with Gasteiger partial charge in [-0.15, -0.1) is 0 Å². The van der Waals surface area contributed by atoms with Gasteiger partial charge >= 0.3 is 0 Å². The van der Waals surface area contributed by atoms with Gasteiger partial charge in [0.1, 0.15) is 5.69 Å². The first-order valence-electron chi connectivity index (χ1n) is 9.63. The van der Waals surface area contributed by atoms with E-state index in [1.807, 2.05) is 14.0 Å². The molecule has 2 heterocycles. The van der Waals surface area contributed by atoms with Gasteiger partial charge < -0.3 is 10.2 Å². The van der Waals surface area contributed by atoms with E-state index < -0.39 is 0 Å². The van der Waals surface area contributed by atoms with Crippen molar-refractivity contribution in [2.75, 3.05) is 7.05 Å². The number of amides is 2. The standard InChI is InChI=1S/C20H24N6O2/c1-13-5-7-23-17(24-13)18(27)25-20-6-3-4-14(10-20)16(11-20)26(2)19(28)15-12-21-8-9-22-15/h5,7-9,12,14,16H,3-4,6,10-11H2,1-2H3,(H,25,27). The molecule has 2 aliphatic rings. The van der Waals surface area contributed by atoms with Gasteiger partial charge in [-0.1, -0.05) is 6.42 Å². The van der Waals surface area contributed by atoms with Crippen molar-refractivity contribution in [1.82, 2.24) is 30.2 Å². The smallest absolute Gasteiger partial charge is 0.289 e. The van der Waals surface area contributed by atoms with Crippen LogP contribution in [0.5, 0.6) is 0 Å². The van der Waals surface area contributed by atoms with Crippen molar-refractivity contribution in [3.8, 4) is 0 Å². The van der Waals surface area contributed by atoms with Gasteiger partial charge in [-0.05, 0) is 44.6 Å². The molecular weight excluding hydrogens is 356 g/mol. The van der Waals surface area contributed by atoms with Gasteiger partial charge in [0.25, 0.3) is 11.8 Å². The first-order chi connectivity index (χ1) is 13.5. The monoisotopic (exact) mass is 380 g/mol. The number of hydrogen-bond donors (Lipinski definition) is 1. The molecule has 0 spiro atoms. The Morgan fingerprint density at radius 1 is 1.21 bits per heavy atom. The summed E-state index contributed by atoms with van der Waals surface area (Å²) in [6.45, 7) is 1.84. The average Bonchev–Trinajstić information content (AvgIpc) is 2.97. The lowest BCUT2D eigenvalue weighted by Gasteiger charge is -2.33. The fourth-order valence-corrected chi connectivity index (χ4v) is 4.70. The Morgan fingerprint density at radius 2 is 2.07 bits per heavy atom. The number of nitrogens with one attached hydrogen (secondary N) is 1. The van der Waals surface area contributed by atoms with E-state index in [2.05, 4.69) is 25.3 Å². The summed E-state index contributed by atoms with van der Waals surface area (Å²) in [5.74, 6) is 0.184. The molecule has 1 N–H and O–H groups in total. The van der Waals surface area contributed by atoms with E-state index >= 15 is 0 Å². The van der Waals surface area contributed by atoms with Crippen LogP contribution >= 0.6 is 0 Å². The van der Waals surface area contributed by atoms with Crippen molar-refractivity contribution >= 4 is 11.8 Å². The van der Waals surface area contributed by atoms with Crippen LogP contribution in [0.2, 0.25) is 0 Å². The van der Waals surface area contributed by atoms with Crippen molar-refractivity contribution in [1.29, 1.82) is 0 Å². The third-order valence-corrected chi connectivity index (χ3v) is 6.00. The van der Waals surface area contributed by atoms with Crippen LogP contribution in [-0.4, -0.2) is 55.3 Å². The third-order valence-electron chi connectivity index (χ3n) is 6.00. The van der Waals surface area contributed by atoms with E-state index in [1.54, 1.807) is 23.4 Å². The van der Waals surface area contributed by atoms with Crippen LogP contribution in [0.3, 0.4) is 0 Å². The maximum absolute atomic E-state index is 12.8. The molecule has 3 atom stereocenters. The van der Waals surface area contributed by atoms with Crippen LogP contribution in [0.1, 0.15) is 58.9 Å². The summed E-state index contributed by atoms with van der Waals surface area (Å²) in [6, 6.07) is 1.83. The Hall–Kier alpha value is -2.90. The predicted molar refractivity (Wildman–Crippen MR) is 101 cm³/mol. The maximum atomic E-state index is 12.8. The molecule has 2 bridgehead atoms. The van der Waals surface area contributed by atoms with E-state index in [0.29, 0.717) is 11.6 Å². The molecule has 4 rings (SSSR count). The molecule has 0 aliphatic heterocycles. The largest absolute Gasteiger partial charge is 0.344 e. The lowest BCUT2D eigenvalue weighted by Crippen LogP contribution is -2.48. The van der Waals surface area contributed by atoms with Gasteiger partial charge in [0.05, 0.1) is 6.20 Å². The minimum Gasteiger partial charge on any atom is -0.344 e. The Bertz CT molecular complexity index is 889. The molecule has 3 unspecified atom stereocenters. The van der Waals surface area contributed by atoms with E-state index in [0.717, 1.165) is 37.8 Å². The lowest BCUT2D eigenvalue weighted by atomic mass is 9.82. The van der Waals surface area contributed by atoms with E-state index in [4.69, 9.17) is 0 Å². The highest BCUT2D eigenvalue weighted by Crippen LogP contribution is 2.47. The van der Waals surface area contributed by atoms with E-state index in [9.17, 15) is 9.59 Å². The normalized spacial score (nSPS) is 25.9. The zero-order valence-electron chi connectivity index (χ0n) is 16.1. The predicted octanol–water partition coefficient (Wildman–Crippen LogP) is 1.78. The Morgan fingerprint density at radius 3 is 2.82 bits per heavy atom. The Kier molecular flexibility index (Phi) is 4.78. The second kappa shape index (κ2) is 7.26. The van der Waals surface area contributed by atoms with Crippen LogP contribution in [0.25, 0.3) is 0 Å². The van der Waals surface area contributed by atoms with Gasteiger partial charge in [0.15, 0.2) is 0 Å². The molecule has 8 heteroatoms. The number of nitrogens with zero attached hydrogens (tertiary/aromatic N) is 5. The van der Waals surface area contributed by atoms with Gasteiger partial charge in [0, 0.05) is 42.9 Å². The summed E-state index contributed by atoms with van der Waals surface area (Å²) < 4.78 is 0. The highest BCUT2D eigenvalue weighted by atomic mass is 16.2. The summed E-state index contributed by atoms with van der Waals surface area (Å²) >= 11 is 0. The molecule has 2 amide bonds.